The van der Waals surface area contributed by atoms with Crippen LogP contribution >= 0.6 is 0 Å². The molecule has 0 unspecified atom stereocenters. The number of sulfonamides is 2. The van der Waals surface area contributed by atoms with Crippen LogP contribution in [0.4, 0.5) is 0 Å². The Morgan fingerprint density at radius 1 is 0.895 bits per heavy atom. The molecule has 12 heteroatoms. The second kappa shape index (κ2) is 12.0. The highest BCUT2D eigenvalue weighted by molar-refractivity contribution is 7.89. The quantitative estimate of drug-likeness (QED) is 0.469. The van der Waals surface area contributed by atoms with Crippen molar-refractivity contribution in [3.63, 3.8) is 0 Å². The van der Waals surface area contributed by atoms with E-state index in [1.165, 1.54) is 28.9 Å². The zero-order valence-electron chi connectivity index (χ0n) is 21.8. The lowest BCUT2D eigenvalue weighted by Gasteiger charge is -2.31. The largest absolute Gasteiger partial charge is 0.497 e. The van der Waals surface area contributed by atoms with Crippen molar-refractivity contribution in [3.05, 3.63) is 48.0 Å². The van der Waals surface area contributed by atoms with E-state index < -0.39 is 26.0 Å². The van der Waals surface area contributed by atoms with Crippen molar-refractivity contribution in [1.82, 2.24) is 13.9 Å². The van der Waals surface area contributed by atoms with E-state index in [1.54, 1.807) is 36.4 Å². The highest BCUT2D eigenvalue weighted by Gasteiger charge is 2.35. The van der Waals surface area contributed by atoms with Gasteiger partial charge in [0.1, 0.15) is 16.4 Å². The number of carbonyl (C=O) groups is 1. The first-order valence-electron chi connectivity index (χ1n) is 12.8. The van der Waals surface area contributed by atoms with Gasteiger partial charge in [0.2, 0.25) is 26.0 Å². The molecule has 0 aromatic heterocycles. The smallest absolute Gasteiger partial charge is 0.246 e. The second-order valence-corrected chi connectivity index (χ2v) is 13.4. The molecule has 2 aliphatic heterocycles. The Labute approximate surface area is 225 Å². The first kappa shape index (κ1) is 28.3. The zero-order chi connectivity index (χ0) is 27.3. The number of nitrogens with one attached hydrogen (secondary N) is 1. The third-order valence-electron chi connectivity index (χ3n) is 7.08. The van der Waals surface area contributed by atoms with Gasteiger partial charge in [-0.15, -0.1) is 0 Å². The summed E-state index contributed by atoms with van der Waals surface area (Å²) < 4.78 is 65.5. The van der Waals surface area contributed by atoms with Crippen LogP contribution in [-0.4, -0.2) is 78.3 Å². The van der Waals surface area contributed by atoms with Crippen molar-refractivity contribution in [1.29, 1.82) is 0 Å². The van der Waals surface area contributed by atoms with Crippen LogP contribution < -0.4 is 14.8 Å². The Balaban J connectivity index is 1.34. The summed E-state index contributed by atoms with van der Waals surface area (Å²) in [6.45, 7) is 1.88. The van der Waals surface area contributed by atoms with E-state index in [0.717, 1.165) is 18.4 Å². The van der Waals surface area contributed by atoms with Gasteiger partial charge in [0.15, 0.2) is 0 Å². The molecule has 0 aliphatic carbocycles. The predicted octanol–water partition coefficient (Wildman–Crippen LogP) is 2.25. The van der Waals surface area contributed by atoms with Crippen LogP contribution in [0.2, 0.25) is 0 Å². The second-order valence-electron chi connectivity index (χ2n) is 9.52. The Kier molecular flexibility index (Phi) is 8.96. The third kappa shape index (κ3) is 6.14. The number of ether oxygens (including phenoxy) is 2. The molecular formula is C26H35N3O7S2. The Hall–Kier alpha value is -2.67. The average Bonchev–Trinajstić information content (AvgIpc) is 3.49. The monoisotopic (exact) mass is 565 g/mol. The number of hydrogen-bond acceptors (Lipinski definition) is 7. The third-order valence-corrected chi connectivity index (χ3v) is 10.9. The van der Waals surface area contributed by atoms with Crippen molar-refractivity contribution >= 4 is 26.0 Å². The molecule has 0 saturated carbocycles. The lowest BCUT2D eigenvalue weighted by atomic mass is 9.99. The molecule has 0 bridgehead atoms. The Morgan fingerprint density at radius 2 is 1.58 bits per heavy atom. The van der Waals surface area contributed by atoms with Gasteiger partial charge in [-0.2, -0.15) is 8.61 Å². The fourth-order valence-corrected chi connectivity index (χ4v) is 8.09. The maximum atomic E-state index is 13.4. The summed E-state index contributed by atoms with van der Waals surface area (Å²) in [5, 5.41) is 2.91. The summed E-state index contributed by atoms with van der Waals surface area (Å²) in [5.74, 6) is -0.0483. The van der Waals surface area contributed by atoms with Gasteiger partial charge in [-0.3, -0.25) is 4.79 Å². The van der Waals surface area contributed by atoms with Gasteiger partial charge in [0.05, 0.1) is 25.0 Å². The number of hydrogen-bond donors (Lipinski definition) is 1. The van der Waals surface area contributed by atoms with E-state index in [0.29, 0.717) is 51.2 Å². The lowest BCUT2D eigenvalue weighted by molar-refractivity contribution is -0.126. The maximum Gasteiger partial charge on any atom is 0.246 e. The summed E-state index contributed by atoms with van der Waals surface area (Å²) in [5.41, 5.74) is 0.906. The van der Waals surface area contributed by atoms with Gasteiger partial charge in [0, 0.05) is 38.8 Å². The minimum absolute atomic E-state index is 0.00982. The summed E-state index contributed by atoms with van der Waals surface area (Å²) in [7, 11) is -4.48. The maximum absolute atomic E-state index is 13.4. The van der Waals surface area contributed by atoms with Crippen LogP contribution in [0.3, 0.4) is 0 Å². The first-order valence-corrected chi connectivity index (χ1v) is 15.6. The highest BCUT2D eigenvalue weighted by atomic mass is 32.2. The van der Waals surface area contributed by atoms with E-state index in [1.807, 2.05) is 0 Å². The van der Waals surface area contributed by atoms with Crippen molar-refractivity contribution in [2.75, 3.05) is 46.9 Å². The predicted molar refractivity (Wildman–Crippen MR) is 142 cm³/mol. The molecule has 2 heterocycles. The molecule has 2 fully saturated rings. The summed E-state index contributed by atoms with van der Waals surface area (Å²) in [4.78, 5) is 13.2. The van der Waals surface area contributed by atoms with Crippen LogP contribution in [-0.2, 0) is 31.3 Å². The van der Waals surface area contributed by atoms with Gasteiger partial charge < -0.3 is 14.8 Å². The molecule has 2 aromatic carbocycles. The highest BCUT2D eigenvalue weighted by Crippen LogP contribution is 2.32. The van der Waals surface area contributed by atoms with Crippen LogP contribution in [0.15, 0.2) is 52.3 Å². The van der Waals surface area contributed by atoms with Crippen molar-refractivity contribution in [2.45, 2.75) is 41.9 Å². The average molecular weight is 566 g/mol. The number of rotatable bonds is 10. The molecule has 2 aliphatic rings. The van der Waals surface area contributed by atoms with E-state index in [9.17, 15) is 21.6 Å². The number of benzene rings is 2. The molecule has 2 saturated heterocycles. The van der Waals surface area contributed by atoms with Crippen LogP contribution in [0.25, 0.3) is 0 Å². The minimum atomic E-state index is -3.89. The molecular weight excluding hydrogens is 530 g/mol. The number of nitrogens with zero attached hydrogens (tertiary/aromatic N) is 2. The van der Waals surface area contributed by atoms with Crippen molar-refractivity contribution in [3.8, 4) is 11.5 Å². The molecule has 1 amide bonds. The fraction of sp³-hybridized carbons (Fsp3) is 0.500. The molecule has 38 heavy (non-hydrogen) atoms. The van der Waals surface area contributed by atoms with Crippen molar-refractivity contribution < 1.29 is 31.1 Å². The van der Waals surface area contributed by atoms with Crippen LogP contribution in [0.1, 0.15) is 31.2 Å². The van der Waals surface area contributed by atoms with Gasteiger partial charge in [-0.25, -0.2) is 16.8 Å². The number of methoxy groups -OCH3 is 2. The van der Waals surface area contributed by atoms with E-state index in [-0.39, 0.29) is 28.0 Å². The molecule has 208 valence electrons. The molecule has 0 spiro atoms. The number of amides is 1. The first-order chi connectivity index (χ1) is 18.2. The minimum Gasteiger partial charge on any atom is -0.497 e. The topological polar surface area (TPSA) is 122 Å². The van der Waals surface area contributed by atoms with Crippen LogP contribution in [0.5, 0.6) is 11.5 Å². The molecule has 4 rings (SSSR count). The summed E-state index contributed by atoms with van der Waals surface area (Å²) in [6, 6.07) is 11.4. The normalized spacial score (nSPS) is 19.3. The van der Waals surface area contributed by atoms with Gasteiger partial charge in [-0.1, -0.05) is 12.1 Å². The molecule has 10 nitrogen and oxygen atoms in total. The summed E-state index contributed by atoms with van der Waals surface area (Å²) in [6.07, 6.45) is 3.46. The van der Waals surface area contributed by atoms with Crippen molar-refractivity contribution in [2.24, 2.45) is 5.92 Å². The molecule has 2 aromatic rings. The molecule has 1 atom stereocenters. The van der Waals surface area contributed by atoms with E-state index in [4.69, 9.17) is 9.47 Å². The van der Waals surface area contributed by atoms with Gasteiger partial charge in [-0.05, 0) is 61.9 Å². The van der Waals surface area contributed by atoms with E-state index in [2.05, 4.69) is 5.32 Å². The molecule has 0 radical (unpaired) electrons. The number of carbonyl (C=O) groups excluding carboxylic acids is 1. The molecule has 1 N–H and O–H groups in total. The van der Waals surface area contributed by atoms with Gasteiger partial charge in [0.25, 0.3) is 0 Å². The number of piperidine rings is 1. The standard InChI is InChI=1S/C26H35N3O7S2/c1-35-22-9-12-24(36-2)25(18-22)38(33,34)29-17-5-6-21(19-29)26(30)27-14-13-20-7-10-23(11-8-20)37(31,32)28-15-3-4-16-28/h7-12,18,21H,3-6,13-17,19H2,1-2H3,(H,27,30)/t21-/m0/s1. The zero-order valence-corrected chi connectivity index (χ0v) is 23.4. The lowest BCUT2D eigenvalue weighted by Crippen LogP contribution is -2.45. The Morgan fingerprint density at radius 3 is 2.24 bits per heavy atom. The van der Waals surface area contributed by atoms with E-state index >= 15 is 0 Å². The fourth-order valence-electron chi connectivity index (χ4n) is 4.88. The summed E-state index contributed by atoms with van der Waals surface area (Å²) >= 11 is 0. The van der Waals surface area contributed by atoms with Crippen LogP contribution in [0, 0.1) is 5.92 Å². The van der Waals surface area contributed by atoms with Gasteiger partial charge >= 0.3 is 0 Å². The SMILES string of the molecule is COc1ccc(OC)c(S(=O)(=O)N2CCC[C@H](C(=O)NCCc3ccc(S(=O)(=O)N4CCCC4)cc3)C2)c1. The Bertz CT molecular complexity index is 1340.